The number of nitrogen functional groups attached to an aromatic ring is 1. The summed E-state index contributed by atoms with van der Waals surface area (Å²) in [5.74, 6) is 6.65. The Morgan fingerprint density at radius 2 is 2.04 bits per heavy atom. The van der Waals surface area contributed by atoms with Crippen LogP contribution in [-0.2, 0) is 4.79 Å². The molecule has 0 saturated heterocycles. The van der Waals surface area contributed by atoms with Crippen molar-refractivity contribution >= 4 is 23.4 Å². The molecule has 1 amide bonds. The van der Waals surface area contributed by atoms with E-state index >= 15 is 0 Å². The highest BCUT2D eigenvalue weighted by Gasteiger charge is 2.19. The van der Waals surface area contributed by atoms with Crippen molar-refractivity contribution in [2.75, 3.05) is 24.4 Å². The number of amides is 1. The van der Waals surface area contributed by atoms with Gasteiger partial charge in [0.05, 0.1) is 5.25 Å². The number of nitrogens with two attached hydrogens (primary N) is 1. The van der Waals surface area contributed by atoms with E-state index in [0.29, 0.717) is 30.4 Å². The molecule has 0 unspecified atom stereocenters. The van der Waals surface area contributed by atoms with E-state index in [1.807, 2.05) is 0 Å². The Morgan fingerprint density at radius 3 is 2.80 bits per heavy atom. The fourth-order valence-electron chi connectivity index (χ4n) is 2.13. The number of thioether (sulfide) groups is 1. The first-order valence-electron chi connectivity index (χ1n) is 7.54. The second kappa shape index (κ2) is 7.01. The van der Waals surface area contributed by atoms with Crippen LogP contribution < -0.4 is 26.2 Å². The van der Waals surface area contributed by atoms with Gasteiger partial charge < -0.3 is 20.6 Å². The van der Waals surface area contributed by atoms with Crippen LogP contribution in [0.15, 0.2) is 28.2 Å². The molecule has 0 radical (unpaired) electrons. The van der Waals surface area contributed by atoms with E-state index in [4.69, 9.17) is 15.3 Å². The number of carbonyl (C=O) groups excluding carboxylic acids is 1. The van der Waals surface area contributed by atoms with Crippen LogP contribution in [0.2, 0.25) is 0 Å². The van der Waals surface area contributed by atoms with Gasteiger partial charge in [-0.1, -0.05) is 11.8 Å². The van der Waals surface area contributed by atoms with Crippen LogP contribution in [0.25, 0.3) is 0 Å². The van der Waals surface area contributed by atoms with E-state index in [2.05, 4.69) is 15.5 Å². The van der Waals surface area contributed by atoms with Gasteiger partial charge in [0.1, 0.15) is 18.9 Å². The summed E-state index contributed by atoms with van der Waals surface area (Å²) >= 11 is 1.05. The molecule has 0 aliphatic carbocycles. The van der Waals surface area contributed by atoms with Crippen molar-refractivity contribution in [2.45, 2.75) is 24.3 Å². The Kier molecular flexibility index (Phi) is 4.79. The number of hydrogen-bond donors (Lipinski definition) is 2. The maximum absolute atomic E-state index is 12.4. The van der Waals surface area contributed by atoms with Crippen LogP contribution >= 0.6 is 11.8 Å². The number of anilines is 1. The molecule has 1 aromatic carbocycles. The lowest BCUT2D eigenvalue weighted by Crippen LogP contribution is -2.33. The Labute approximate surface area is 147 Å². The van der Waals surface area contributed by atoms with Crippen LogP contribution in [-0.4, -0.2) is 39.2 Å². The van der Waals surface area contributed by atoms with Crippen molar-refractivity contribution in [2.24, 2.45) is 0 Å². The Morgan fingerprint density at radius 1 is 1.32 bits per heavy atom. The van der Waals surface area contributed by atoms with Gasteiger partial charge in [-0.3, -0.25) is 9.59 Å². The van der Waals surface area contributed by atoms with E-state index in [9.17, 15) is 9.59 Å². The van der Waals surface area contributed by atoms with E-state index in [1.54, 1.807) is 25.1 Å². The number of hydrogen-bond acceptors (Lipinski definition) is 8. The minimum absolute atomic E-state index is 0.167. The van der Waals surface area contributed by atoms with Crippen molar-refractivity contribution in [3.8, 4) is 11.5 Å². The normalized spacial score (nSPS) is 14.0. The van der Waals surface area contributed by atoms with Crippen LogP contribution in [0.1, 0.15) is 12.6 Å². The van der Waals surface area contributed by atoms with Crippen molar-refractivity contribution in [1.29, 1.82) is 0 Å². The highest BCUT2D eigenvalue weighted by atomic mass is 32.2. The summed E-state index contributed by atoms with van der Waals surface area (Å²) in [7, 11) is 0. The summed E-state index contributed by atoms with van der Waals surface area (Å²) < 4.78 is 11.8. The van der Waals surface area contributed by atoms with Gasteiger partial charge in [-0.05, 0) is 26.0 Å². The molecule has 3 rings (SSSR count). The van der Waals surface area contributed by atoms with Gasteiger partial charge in [-0.2, -0.15) is 4.68 Å². The molecule has 2 heterocycles. The largest absolute Gasteiger partial charge is 0.486 e. The van der Waals surface area contributed by atoms with Gasteiger partial charge in [0.2, 0.25) is 11.1 Å². The third kappa shape index (κ3) is 3.68. The van der Waals surface area contributed by atoms with Gasteiger partial charge in [-0.15, -0.1) is 10.2 Å². The van der Waals surface area contributed by atoms with Crippen LogP contribution in [0, 0.1) is 6.92 Å². The Bertz CT molecular complexity index is 869. The highest BCUT2D eigenvalue weighted by molar-refractivity contribution is 8.00. The molecular weight excluding hydrogens is 346 g/mol. The van der Waals surface area contributed by atoms with E-state index in [0.717, 1.165) is 16.4 Å². The molecule has 1 atom stereocenters. The molecule has 0 bridgehead atoms. The summed E-state index contributed by atoms with van der Waals surface area (Å²) in [5.41, 5.74) is 0.332. The quantitative estimate of drug-likeness (QED) is 0.597. The lowest BCUT2D eigenvalue weighted by molar-refractivity contribution is -0.115. The molecule has 132 valence electrons. The second-order valence-electron chi connectivity index (χ2n) is 5.35. The highest BCUT2D eigenvalue weighted by Crippen LogP contribution is 2.32. The molecule has 10 heteroatoms. The summed E-state index contributed by atoms with van der Waals surface area (Å²) in [6.45, 7) is 4.18. The SMILES string of the molecule is Cc1nnc(S[C@H](C)C(=O)Nc2ccc3c(c2)OCCO3)n(N)c1=O. The van der Waals surface area contributed by atoms with E-state index in [1.165, 1.54) is 6.92 Å². The number of ether oxygens (including phenoxy) is 2. The van der Waals surface area contributed by atoms with Crippen molar-refractivity contribution in [3.63, 3.8) is 0 Å². The minimum Gasteiger partial charge on any atom is -0.486 e. The number of nitrogens with zero attached hydrogens (tertiary/aromatic N) is 3. The minimum atomic E-state index is -0.542. The van der Waals surface area contributed by atoms with Crippen LogP contribution in [0.4, 0.5) is 5.69 Å². The Balaban J connectivity index is 1.69. The monoisotopic (exact) mass is 363 g/mol. The van der Waals surface area contributed by atoms with Gasteiger partial charge in [0.15, 0.2) is 11.5 Å². The average molecular weight is 363 g/mol. The first-order valence-corrected chi connectivity index (χ1v) is 8.42. The number of rotatable bonds is 4. The topological polar surface area (TPSA) is 121 Å². The molecule has 25 heavy (non-hydrogen) atoms. The molecule has 0 fully saturated rings. The summed E-state index contributed by atoms with van der Waals surface area (Å²) in [5, 5.41) is 10.0. The zero-order valence-corrected chi connectivity index (χ0v) is 14.5. The van der Waals surface area contributed by atoms with Gasteiger partial charge in [0, 0.05) is 11.8 Å². The fourth-order valence-corrected chi connectivity index (χ4v) is 2.89. The lowest BCUT2D eigenvalue weighted by Gasteiger charge is -2.19. The fraction of sp³-hybridized carbons (Fsp3) is 0.333. The number of nitrogens with one attached hydrogen (secondary N) is 1. The van der Waals surface area contributed by atoms with Crippen molar-refractivity contribution in [3.05, 3.63) is 34.2 Å². The maximum Gasteiger partial charge on any atom is 0.294 e. The summed E-state index contributed by atoms with van der Waals surface area (Å²) in [6, 6.07) is 5.17. The molecular formula is C15H17N5O4S. The molecule has 1 aliphatic rings. The zero-order valence-electron chi connectivity index (χ0n) is 13.7. The third-order valence-corrected chi connectivity index (χ3v) is 4.54. The number of benzene rings is 1. The molecule has 9 nitrogen and oxygen atoms in total. The predicted molar refractivity (Wildman–Crippen MR) is 92.6 cm³/mol. The van der Waals surface area contributed by atoms with E-state index in [-0.39, 0.29) is 16.8 Å². The summed E-state index contributed by atoms with van der Waals surface area (Å²) in [4.78, 5) is 24.1. The molecule has 0 spiro atoms. The predicted octanol–water partition coefficient (Wildman–Crippen LogP) is 0.551. The van der Waals surface area contributed by atoms with Crippen LogP contribution in [0.5, 0.6) is 11.5 Å². The standard InChI is InChI=1S/C15H17N5O4S/c1-8-14(22)20(16)15(19-18-8)25-9(2)13(21)17-10-3-4-11-12(7-10)24-6-5-23-11/h3-4,7,9H,5-6,16H2,1-2H3,(H,17,21)/t9-/m1/s1. The van der Waals surface area contributed by atoms with Crippen LogP contribution in [0.3, 0.4) is 0 Å². The van der Waals surface area contributed by atoms with Gasteiger partial charge >= 0.3 is 0 Å². The molecule has 3 N–H and O–H groups in total. The van der Waals surface area contributed by atoms with Gasteiger partial charge in [-0.25, -0.2) is 0 Å². The zero-order chi connectivity index (χ0) is 18.0. The van der Waals surface area contributed by atoms with Crippen molar-refractivity contribution < 1.29 is 14.3 Å². The van der Waals surface area contributed by atoms with Crippen molar-refractivity contribution in [1.82, 2.24) is 14.9 Å². The molecule has 2 aromatic rings. The second-order valence-corrected chi connectivity index (χ2v) is 6.66. The average Bonchev–Trinajstić information content (AvgIpc) is 2.62. The van der Waals surface area contributed by atoms with E-state index < -0.39 is 10.8 Å². The lowest BCUT2D eigenvalue weighted by atomic mass is 10.2. The Hall–Kier alpha value is -2.75. The molecule has 1 aromatic heterocycles. The maximum atomic E-state index is 12.4. The first-order chi connectivity index (χ1) is 12.0. The molecule has 0 saturated carbocycles. The van der Waals surface area contributed by atoms with Gasteiger partial charge in [0.25, 0.3) is 5.56 Å². The number of fused-ring (bicyclic) bond motifs is 1. The third-order valence-electron chi connectivity index (χ3n) is 3.48. The number of aryl methyl sites for hydroxylation is 1. The number of aromatic nitrogens is 3. The first kappa shape index (κ1) is 17.1. The summed E-state index contributed by atoms with van der Waals surface area (Å²) in [6.07, 6.45) is 0. The number of carbonyl (C=O) groups is 1. The smallest absolute Gasteiger partial charge is 0.294 e. The molecule has 1 aliphatic heterocycles.